The summed E-state index contributed by atoms with van der Waals surface area (Å²) in [7, 11) is 0. The third kappa shape index (κ3) is 3.28. The van der Waals surface area contributed by atoms with E-state index in [9.17, 15) is 9.59 Å². The molecule has 0 aromatic carbocycles. The van der Waals surface area contributed by atoms with Gasteiger partial charge in [0.1, 0.15) is 0 Å². The molecule has 0 heterocycles. The fourth-order valence-electron chi connectivity index (χ4n) is 3.16. The van der Waals surface area contributed by atoms with Crippen molar-refractivity contribution < 1.29 is 19.1 Å². The Morgan fingerprint density at radius 2 is 1.47 bits per heavy atom. The van der Waals surface area contributed by atoms with Crippen LogP contribution in [0.3, 0.4) is 0 Å². The van der Waals surface area contributed by atoms with Crippen LogP contribution in [0.2, 0.25) is 0 Å². The second kappa shape index (κ2) is 7.51. The summed E-state index contributed by atoms with van der Waals surface area (Å²) in [4.78, 5) is 24.9. The number of carbonyl (C=O) groups is 2. The van der Waals surface area contributed by atoms with E-state index in [1.807, 2.05) is 6.92 Å². The molecule has 0 unspecified atom stereocenters. The summed E-state index contributed by atoms with van der Waals surface area (Å²) in [6.45, 7) is 6.14. The van der Waals surface area contributed by atoms with Crippen molar-refractivity contribution in [3.8, 4) is 0 Å². The van der Waals surface area contributed by atoms with Crippen molar-refractivity contribution in [1.29, 1.82) is 0 Å². The highest BCUT2D eigenvalue weighted by Crippen LogP contribution is 2.45. The van der Waals surface area contributed by atoms with Crippen LogP contribution >= 0.6 is 0 Å². The normalized spacial score (nSPS) is 16.4. The molecular formula is C15H26O4. The van der Waals surface area contributed by atoms with Crippen molar-refractivity contribution in [3.05, 3.63) is 0 Å². The van der Waals surface area contributed by atoms with Crippen LogP contribution < -0.4 is 0 Å². The van der Waals surface area contributed by atoms with Gasteiger partial charge in [-0.2, -0.15) is 0 Å². The molecule has 0 radical (unpaired) electrons. The van der Waals surface area contributed by atoms with E-state index < -0.39 is 5.41 Å². The first-order valence-electron chi connectivity index (χ1n) is 7.47. The van der Waals surface area contributed by atoms with Crippen LogP contribution in [0, 0.1) is 11.3 Å². The van der Waals surface area contributed by atoms with Gasteiger partial charge in [-0.15, -0.1) is 0 Å². The highest BCUT2D eigenvalue weighted by molar-refractivity contribution is 6.00. The Kier molecular flexibility index (Phi) is 6.32. The molecule has 4 nitrogen and oxygen atoms in total. The summed E-state index contributed by atoms with van der Waals surface area (Å²) >= 11 is 0. The first-order valence-corrected chi connectivity index (χ1v) is 7.47. The van der Waals surface area contributed by atoms with Gasteiger partial charge < -0.3 is 9.47 Å². The molecule has 0 amide bonds. The van der Waals surface area contributed by atoms with E-state index in [1.54, 1.807) is 13.8 Å². The third-order valence-electron chi connectivity index (χ3n) is 3.98. The first kappa shape index (κ1) is 16.0. The SMILES string of the molecule is CCCC(C(=O)OCC)(C(=O)OCC)C1CCCC1. The lowest BCUT2D eigenvalue weighted by molar-refractivity contribution is -0.177. The molecule has 0 aromatic rings. The molecule has 4 heteroatoms. The van der Waals surface area contributed by atoms with Gasteiger partial charge in [-0.05, 0) is 39.0 Å². The maximum Gasteiger partial charge on any atom is 0.323 e. The van der Waals surface area contributed by atoms with E-state index in [0.717, 1.165) is 32.1 Å². The number of hydrogen-bond acceptors (Lipinski definition) is 4. The molecule has 1 aliphatic carbocycles. The summed E-state index contributed by atoms with van der Waals surface area (Å²) in [5.41, 5.74) is -1.07. The number of esters is 2. The molecule has 1 saturated carbocycles. The van der Waals surface area contributed by atoms with Crippen LogP contribution in [0.25, 0.3) is 0 Å². The molecule has 1 aliphatic rings. The highest BCUT2D eigenvalue weighted by atomic mass is 16.6. The number of carbonyl (C=O) groups excluding carboxylic acids is 2. The van der Waals surface area contributed by atoms with Crippen molar-refractivity contribution in [3.63, 3.8) is 0 Å². The predicted molar refractivity (Wildman–Crippen MR) is 72.6 cm³/mol. The van der Waals surface area contributed by atoms with E-state index in [1.165, 1.54) is 0 Å². The fourth-order valence-corrected chi connectivity index (χ4v) is 3.16. The lowest BCUT2D eigenvalue weighted by Crippen LogP contribution is -2.47. The van der Waals surface area contributed by atoms with Crippen LogP contribution in [0.4, 0.5) is 0 Å². The molecule has 0 bridgehead atoms. The zero-order valence-electron chi connectivity index (χ0n) is 12.4. The Hall–Kier alpha value is -1.06. The molecular weight excluding hydrogens is 244 g/mol. The standard InChI is InChI=1S/C15H26O4/c1-4-11-15(13(16)18-5-2,14(17)19-6-3)12-9-7-8-10-12/h12H,4-11H2,1-3H3. The van der Waals surface area contributed by atoms with Crippen LogP contribution in [-0.4, -0.2) is 25.2 Å². The lowest BCUT2D eigenvalue weighted by Gasteiger charge is -2.34. The summed E-state index contributed by atoms with van der Waals surface area (Å²) in [5.74, 6) is -0.699. The van der Waals surface area contributed by atoms with Crippen molar-refractivity contribution in [1.82, 2.24) is 0 Å². The van der Waals surface area contributed by atoms with E-state index in [2.05, 4.69) is 0 Å². The zero-order chi connectivity index (χ0) is 14.3. The van der Waals surface area contributed by atoms with Crippen LogP contribution in [0.5, 0.6) is 0 Å². The second-order valence-corrected chi connectivity index (χ2v) is 5.14. The maximum atomic E-state index is 12.4. The maximum absolute atomic E-state index is 12.4. The average Bonchev–Trinajstić information content (AvgIpc) is 2.90. The molecule has 0 saturated heterocycles. The molecule has 19 heavy (non-hydrogen) atoms. The Bertz CT molecular complexity index is 287. The minimum atomic E-state index is -1.07. The third-order valence-corrected chi connectivity index (χ3v) is 3.98. The number of ether oxygens (including phenoxy) is 2. The van der Waals surface area contributed by atoms with Gasteiger partial charge in [-0.1, -0.05) is 26.2 Å². The Morgan fingerprint density at radius 3 is 1.84 bits per heavy atom. The Morgan fingerprint density at radius 1 is 1.00 bits per heavy atom. The lowest BCUT2D eigenvalue weighted by atomic mass is 9.71. The van der Waals surface area contributed by atoms with Gasteiger partial charge in [0.2, 0.25) is 0 Å². The quantitative estimate of drug-likeness (QED) is 0.527. The summed E-state index contributed by atoms with van der Waals surface area (Å²) < 4.78 is 10.4. The van der Waals surface area contributed by atoms with Crippen molar-refractivity contribution in [2.24, 2.45) is 11.3 Å². The topological polar surface area (TPSA) is 52.6 Å². The van der Waals surface area contributed by atoms with Crippen LogP contribution in [0.1, 0.15) is 59.3 Å². The Balaban J connectivity index is 3.07. The van der Waals surface area contributed by atoms with Gasteiger partial charge in [0.05, 0.1) is 13.2 Å². The van der Waals surface area contributed by atoms with E-state index in [-0.39, 0.29) is 17.9 Å². The molecule has 1 rings (SSSR count). The zero-order valence-corrected chi connectivity index (χ0v) is 12.4. The van der Waals surface area contributed by atoms with Crippen molar-refractivity contribution in [2.75, 3.05) is 13.2 Å². The van der Waals surface area contributed by atoms with Gasteiger partial charge >= 0.3 is 11.9 Å². The Labute approximate surface area is 115 Å². The number of rotatable bonds is 7. The molecule has 0 N–H and O–H groups in total. The largest absolute Gasteiger partial charge is 0.465 e. The van der Waals surface area contributed by atoms with Crippen molar-refractivity contribution in [2.45, 2.75) is 59.3 Å². The van der Waals surface area contributed by atoms with E-state index in [4.69, 9.17) is 9.47 Å². The molecule has 0 atom stereocenters. The monoisotopic (exact) mass is 270 g/mol. The molecule has 110 valence electrons. The van der Waals surface area contributed by atoms with Crippen LogP contribution in [0.15, 0.2) is 0 Å². The fraction of sp³-hybridized carbons (Fsp3) is 0.867. The van der Waals surface area contributed by atoms with Gasteiger partial charge in [0, 0.05) is 0 Å². The highest BCUT2D eigenvalue weighted by Gasteiger charge is 2.54. The molecule has 0 aromatic heterocycles. The predicted octanol–water partition coefficient (Wildman–Crippen LogP) is 3.09. The van der Waals surface area contributed by atoms with Gasteiger partial charge in [-0.25, -0.2) is 0 Å². The summed E-state index contributed by atoms with van der Waals surface area (Å²) in [5, 5.41) is 0. The van der Waals surface area contributed by atoms with E-state index in [0.29, 0.717) is 19.6 Å². The first-order chi connectivity index (χ1) is 9.13. The average molecular weight is 270 g/mol. The smallest absolute Gasteiger partial charge is 0.323 e. The van der Waals surface area contributed by atoms with Gasteiger partial charge in [-0.3, -0.25) is 9.59 Å². The number of hydrogen-bond donors (Lipinski definition) is 0. The second-order valence-electron chi connectivity index (χ2n) is 5.14. The molecule has 0 aliphatic heterocycles. The summed E-state index contributed by atoms with van der Waals surface area (Å²) in [6.07, 6.45) is 5.28. The molecule has 0 spiro atoms. The molecule has 1 fully saturated rings. The minimum absolute atomic E-state index is 0.0746. The van der Waals surface area contributed by atoms with Gasteiger partial charge in [0.25, 0.3) is 0 Å². The van der Waals surface area contributed by atoms with Gasteiger partial charge in [0.15, 0.2) is 5.41 Å². The van der Waals surface area contributed by atoms with E-state index >= 15 is 0 Å². The van der Waals surface area contributed by atoms with Crippen molar-refractivity contribution >= 4 is 11.9 Å². The van der Waals surface area contributed by atoms with Crippen LogP contribution in [-0.2, 0) is 19.1 Å². The summed E-state index contributed by atoms with van der Waals surface area (Å²) in [6, 6.07) is 0. The minimum Gasteiger partial charge on any atom is -0.465 e.